The summed E-state index contributed by atoms with van der Waals surface area (Å²) in [5, 5.41) is 0. The van der Waals surface area contributed by atoms with Gasteiger partial charge in [0.05, 0.1) is 13.2 Å². The molecular weight excluding hydrogens is 239 g/mol. The van der Waals surface area contributed by atoms with Crippen molar-refractivity contribution in [1.29, 1.82) is 0 Å². The van der Waals surface area contributed by atoms with Crippen LogP contribution in [-0.2, 0) is 9.53 Å². The van der Waals surface area contributed by atoms with Gasteiger partial charge in [0.15, 0.2) is 0 Å². The largest absolute Gasteiger partial charge is 0.401 e. The normalized spacial score (nSPS) is 18.2. The van der Waals surface area contributed by atoms with Gasteiger partial charge in [-0.25, -0.2) is 5.84 Å². The van der Waals surface area contributed by atoms with Gasteiger partial charge in [-0.05, 0) is 12.8 Å². The minimum Gasteiger partial charge on any atom is -0.383 e. The SMILES string of the molecule is COCC(C(=O)NN)N(CC(F)(F)F)C1CC1. The first-order valence-corrected chi connectivity index (χ1v) is 5.21. The van der Waals surface area contributed by atoms with Crippen LogP contribution in [0.5, 0.6) is 0 Å². The molecule has 0 aromatic heterocycles. The fourth-order valence-corrected chi connectivity index (χ4v) is 1.68. The van der Waals surface area contributed by atoms with Crippen molar-refractivity contribution in [1.82, 2.24) is 10.3 Å². The summed E-state index contributed by atoms with van der Waals surface area (Å²) in [5.74, 6) is 4.30. The topological polar surface area (TPSA) is 67.6 Å². The van der Waals surface area contributed by atoms with Gasteiger partial charge in [0.1, 0.15) is 6.04 Å². The molecule has 0 aliphatic heterocycles. The number of amides is 1. The summed E-state index contributed by atoms with van der Waals surface area (Å²) in [6, 6.07) is -1.21. The van der Waals surface area contributed by atoms with Crippen molar-refractivity contribution in [2.45, 2.75) is 31.1 Å². The molecule has 0 aromatic carbocycles. The summed E-state index contributed by atoms with van der Waals surface area (Å²) in [4.78, 5) is 12.5. The Morgan fingerprint density at radius 1 is 1.59 bits per heavy atom. The molecule has 1 amide bonds. The van der Waals surface area contributed by atoms with Crippen LogP contribution < -0.4 is 11.3 Å². The molecule has 1 aliphatic carbocycles. The molecule has 100 valence electrons. The molecule has 8 heteroatoms. The number of hydrogen-bond acceptors (Lipinski definition) is 4. The highest BCUT2D eigenvalue weighted by atomic mass is 19.4. The Kier molecular flexibility index (Phi) is 4.72. The standard InChI is InChI=1S/C9H16F3N3O2/c1-17-4-7(8(16)14-13)15(6-2-3-6)5-9(10,11)12/h6-7H,2-5,13H2,1H3,(H,14,16). The maximum Gasteiger partial charge on any atom is 0.401 e. The highest BCUT2D eigenvalue weighted by Gasteiger charge is 2.43. The molecule has 1 saturated carbocycles. The monoisotopic (exact) mass is 255 g/mol. The third-order valence-electron chi connectivity index (χ3n) is 2.55. The molecule has 1 atom stereocenters. The fourth-order valence-electron chi connectivity index (χ4n) is 1.68. The van der Waals surface area contributed by atoms with Crippen LogP contribution in [-0.4, -0.2) is 49.3 Å². The number of rotatable bonds is 6. The second-order valence-corrected chi connectivity index (χ2v) is 4.00. The average molecular weight is 255 g/mol. The van der Waals surface area contributed by atoms with Gasteiger partial charge in [0.25, 0.3) is 5.91 Å². The predicted molar refractivity (Wildman–Crippen MR) is 53.8 cm³/mol. The van der Waals surface area contributed by atoms with Gasteiger partial charge in [-0.2, -0.15) is 13.2 Å². The van der Waals surface area contributed by atoms with Crippen molar-refractivity contribution in [3.63, 3.8) is 0 Å². The van der Waals surface area contributed by atoms with E-state index in [2.05, 4.69) is 0 Å². The van der Waals surface area contributed by atoms with Crippen molar-refractivity contribution in [3.05, 3.63) is 0 Å². The Bertz CT molecular complexity index is 269. The van der Waals surface area contributed by atoms with Crippen LogP contribution in [0, 0.1) is 0 Å². The number of hydrazine groups is 1. The van der Waals surface area contributed by atoms with Crippen molar-refractivity contribution in [3.8, 4) is 0 Å². The van der Waals surface area contributed by atoms with Gasteiger partial charge in [0.2, 0.25) is 0 Å². The molecule has 0 aromatic rings. The summed E-state index contributed by atoms with van der Waals surface area (Å²) in [6.07, 6.45) is -3.02. The van der Waals surface area contributed by atoms with E-state index in [1.54, 1.807) is 0 Å². The number of carbonyl (C=O) groups excluding carboxylic acids is 1. The second-order valence-electron chi connectivity index (χ2n) is 4.00. The Labute approximate surface area is 97.0 Å². The first-order valence-electron chi connectivity index (χ1n) is 5.21. The zero-order valence-electron chi connectivity index (χ0n) is 9.46. The lowest BCUT2D eigenvalue weighted by Crippen LogP contribution is -2.54. The molecule has 3 N–H and O–H groups in total. The Balaban J connectivity index is 2.74. The minimum atomic E-state index is -4.34. The molecule has 17 heavy (non-hydrogen) atoms. The Morgan fingerprint density at radius 2 is 2.18 bits per heavy atom. The zero-order chi connectivity index (χ0) is 13.1. The van der Waals surface area contributed by atoms with Crippen LogP contribution >= 0.6 is 0 Å². The number of nitrogens with two attached hydrogens (primary N) is 1. The van der Waals surface area contributed by atoms with Crippen LogP contribution in [0.4, 0.5) is 13.2 Å². The van der Waals surface area contributed by atoms with Gasteiger partial charge in [-0.3, -0.25) is 15.1 Å². The van der Waals surface area contributed by atoms with E-state index < -0.39 is 24.7 Å². The third-order valence-corrected chi connectivity index (χ3v) is 2.55. The van der Waals surface area contributed by atoms with E-state index in [0.717, 1.165) is 4.90 Å². The van der Waals surface area contributed by atoms with Crippen molar-refractivity contribution < 1.29 is 22.7 Å². The maximum atomic E-state index is 12.4. The van der Waals surface area contributed by atoms with Crippen molar-refractivity contribution in [2.75, 3.05) is 20.3 Å². The van der Waals surface area contributed by atoms with Gasteiger partial charge >= 0.3 is 6.18 Å². The average Bonchev–Trinajstić information content (AvgIpc) is 3.04. The van der Waals surface area contributed by atoms with Gasteiger partial charge in [-0.15, -0.1) is 0 Å². The van der Waals surface area contributed by atoms with E-state index in [4.69, 9.17) is 10.6 Å². The maximum absolute atomic E-state index is 12.4. The van der Waals surface area contributed by atoms with E-state index in [1.165, 1.54) is 7.11 Å². The molecule has 1 aliphatic rings. The lowest BCUT2D eigenvalue weighted by atomic mass is 10.2. The van der Waals surface area contributed by atoms with Crippen LogP contribution in [0.25, 0.3) is 0 Å². The molecule has 0 heterocycles. The number of methoxy groups -OCH3 is 1. The van der Waals surface area contributed by atoms with Crippen LogP contribution in [0.1, 0.15) is 12.8 Å². The lowest BCUT2D eigenvalue weighted by molar-refractivity contribution is -0.159. The third kappa shape index (κ3) is 4.49. The van der Waals surface area contributed by atoms with E-state index in [1.807, 2.05) is 5.43 Å². The molecule has 0 spiro atoms. The summed E-state index contributed by atoms with van der Waals surface area (Å²) >= 11 is 0. The summed E-state index contributed by atoms with van der Waals surface area (Å²) in [6.45, 7) is -1.24. The molecule has 1 rings (SSSR count). The zero-order valence-corrected chi connectivity index (χ0v) is 9.46. The van der Waals surface area contributed by atoms with Crippen LogP contribution in [0.3, 0.4) is 0 Å². The van der Waals surface area contributed by atoms with Gasteiger partial charge in [-0.1, -0.05) is 0 Å². The number of halogens is 3. The quantitative estimate of drug-likeness (QED) is 0.399. The van der Waals surface area contributed by atoms with Crippen LogP contribution in [0.2, 0.25) is 0 Å². The Hall–Kier alpha value is -0.860. The molecule has 5 nitrogen and oxygen atoms in total. The smallest absolute Gasteiger partial charge is 0.383 e. The first-order chi connectivity index (χ1) is 7.89. The first kappa shape index (κ1) is 14.2. The van der Waals surface area contributed by atoms with E-state index in [-0.39, 0.29) is 12.6 Å². The van der Waals surface area contributed by atoms with E-state index >= 15 is 0 Å². The van der Waals surface area contributed by atoms with E-state index in [9.17, 15) is 18.0 Å². The van der Waals surface area contributed by atoms with Crippen LogP contribution in [0.15, 0.2) is 0 Å². The molecule has 1 unspecified atom stereocenters. The minimum absolute atomic E-state index is 0.115. The number of alkyl halides is 3. The van der Waals surface area contributed by atoms with Gasteiger partial charge < -0.3 is 4.74 Å². The highest BCUT2D eigenvalue weighted by molar-refractivity contribution is 5.81. The number of nitrogens with one attached hydrogen (secondary N) is 1. The molecule has 1 fully saturated rings. The van der Waals surface area contributed by atoms with Crippen molar-refractivity contribution in [2.24, 2.45) is 5.84 Å². The second kappa shape index (κ2) is 5.65. The highest BCUT2D eigenvalue weighted by Crippen LogP contribution is 2.31. The number of hydrogen-bond donors (Lipinski definition) is 2. The van der Waals surface area contributed by atoms with Gasteiger partial charge in [0, 0.05) is 13.2 Å². The summed E-state index contributed by atoms with van der Waals surface area (Å²) < 4.78 is 42.0. The molecule has 0 radical (unpaired) electrons. The van der Waals surface area contributed by atoms with Crippen molar-refractivity contribution >= 4 is 5.91 Å². The fraction of sp³-hybridized carbons (Fsp3) is 0.889. The number of nitrogens with zero attached hydrogens (tertiary/aromatic N) is 1. The lowest BCUT2D eigenvalue weighted by Gasteiger charge is -2.30. The number of carbonyl (C=O) groups is 1. The molecule has 0 saturated heterocycles. The Morgan fingerprint density at radius 3 is 2.53 bits per heavy atom. The predicted octanol–water partition coefficient (Wildman–Crippen LogP) is 0.0180. The summed E-state index contributed by atoms with van der Waals surface area (Å²) in [7, 11) is 1.33. The summed E-state index contributed by atoms with van der Waals surface area (Å²) in [5.41, 5.74) is 1.87. The molecular formula is C9H16F3N3O2. The van der Waals surface area contributed by atoms with E-state index in [0.29, 0.717) is 12.8 Å². The molecule has 0 bridgehead atoms. The number of ether oxygens (including phenoxy) is 1.